The molecule has 1 atom stereocenters. The fourth-order valence-electron chi connectivity index (χ4n) is 4.59. The van der Waals surface area contributed by atoms with Crippen LogP contribution in [0.1, 0.15) is 57.2 Å². The van der Waals surface area contributed by atoms with E-state index in [2.05, 4.69) is 32.3 Å². The van der Waals surface area contributed by atoms with Gasteiger partial charge in [0.2, 0.25) is 0 Å². The Morgan fingerprint density at radius 2 is 1.76 bits per heavy atom. The van der Waals surface area contributed by atoms with Crippen LogP contribution in [0.5, 0.6) is 11.5 Å². The van der Waals surface area contributed by atoms with Gasteiger partial charge < -0.3 is 24.4 Å². The number of amides is 1. The van der Waals surface area contributed by atoms with Crippen LogP contribution in [0.4, 0.5) is 0 Å². The van der Waals surface area contributed by atoms with Crippen LogP contribution in [0.2, 0.25) is 0 Å². The minimum absolute atomic E-state index is 0.0864. The van der Waals surface area contributed by atoms with Gasteiger partial charge in [-0.2, -0.15) is 0 Å². The Labute approximate surface area is 226 Å². The summed E-state index contributed by atoms with van der Waals surface area (Å²) in [5.74, 6) is -0.217. The number of carbonyl (C=O) groups excluding carboxylic acids is 2. The van der Waals surface area contributed by atoms with Crippen LogP contribution in [-0.4, -0.2) is 66.0 Å². The minimum Gasteiger partial charge on any atom is -0.507 e. The zero-order valence-electron chi connectivity index (χ0n) is 22.8. The van der Waals surface area contributed by atoms with Crippen LogP contribution in [0.3, 0.4) is 0 Å². The van der Waals surface area contributed by atoms with E-state index in [9.17, 15) is 14.7 Å². The second-order valence-corrected chi connectivity index (χ2v) is 9.27. The lowest BCUT2D eigenvalue weighted by molar-refractivity contribution is -0.140. The van der Waals surface area contributed by atoms with Crippen molar-refractivity contribution in [2.75, 3.05) is 39.4 Å². The summed E-state index contributed by atoms with van der Waals surface area (Å²) in [5, 5.41) is 11.4. The molecule has 0 spiro atoms. The summed E-state index contributed by atoms with van der Waals surface area (Å²) in [7, 11) is 0. The highest BCUT2D eigenvalue weighted by atomic mass is 16.5. The SMILES string of the molecule is C=CCOc1ccc(C2C(=C(O)c3cccc(OCCCC)c3)C(=O)C(=O)N2CCCN(CC)CC)cc1. The summed E-state index contributed by atoms with van der Waals surface area (Å²) in [6.45, 7) is 14.0. The molecule has 1 fully saturated rings. The van der Waals surface area contributed by atoms with Gasteiger partial charge in [-0.3, -0.25) is 9.59 Å². The molecule has 3 rings (SSSR count). The topological polar surface area (TPSA) is 79.3 Å². The van der Waals surface area contributed by atoms with Gasteiger partial charge in [0.15, 0.2) is 0 Å². The number of benzene rings is 2. The predicted molar refractivity (Wildman–Crippen MR) is 150 cm³/mol. The van der Waals surface area contributed by atoms with E-state index in [1.165, 1.54) is 0 Å². The number of unbranched alkanes of at least 4 members (excludes halogenated alkanes) is 1. The van der Waals surface area contributed by atoms with E-state index in [1.807, 2.05) is 18.2 Å². The summed E-state index contributed by atoms with van der Waals surface area (Å²) in [6, 6.07) is 13.6. The first-order valence-corrected chi connectivity index (χ1v) is 13.5. The van der Waals surface area contributed by atoms with Gasteiger partial charge in [0.25, 0.3) is 11.7 Å². The molecule has 0 aromatic heterocycles. The van der Waals surface area contributed by atoms with E-state index in [-0.39, 0.29) is 11.3 Å². The number of ether oxygens (including phenoxy) is 2. The Morgan fingerprint density at radius 3 is 2.42 bits per heavy atom. The summed E-state index contributed by atoms with van der Waals surface area (Å²) in [4.78, 5) is 30.5. The second kappa shape index (κ2) is 14.4. The molecule has 0 saturated carbocycles. The maximum Gasteiger partial charge on any atom is 0.295 e. The Bertz CT molecular complexity index is 1120. The molecule has 1 heterocycles. The molecule has 1 saturated heterocycles. The maximum absolute atomic E-state index is 13.3. The van der Waals surface area contributed by atoms with Crippen LogP contribution in [0.25, 0.3) is 5.76 Å². The third-order valence-corrected chi connectivity index (χ3v) is 6.75. The molecule has 1 amide bonds. The van der Waals surface area contributed by atoms with Gasteiger partial charge in [-0.15, -0.1) is 0 Å². The molecule has 0 aliphatic carbocycles. The first-order valence-electron chi connectivity index (χ1n) is 13.5. The largest absolute Gasteiger partial charge is 0.507 e. The van der Waals surface area contributed by atoms with Gasteiger partial charge in [-0.1, -0.05) is 64.1 Å². The molecule has 2 aromatic carbocycles. The Balaban J connectivity index is 1.99. The highest BCUT2D eigenvalue weighted by molar-refractivity contribution is 6.46. The predicted octanol–water partition coefficient (Wildman–Crippen LogP) is 5.58. The molecule has 2 aromatic rings. The molecule has 1 aliphatic rings. The quantitative estimate of drug-likeness (QED) is 0.109. The first kappa shape index (κ1) is 29.0. The van der Waals surface area contributed by atoms with Crippen LogP contribution in [0.15, 0.2) is 66.8 Å². The number of carbonyl (C=O) groups is 2. The fourth-order valence-corrected chi connectivity index (χ4v) is 4.59. The highest BCUT2D eigenvalue weighted by Crippen LogP contribution is 2.40. The van der Waals surface area contributed by atoms with Crippen molar-refractivity contribution in [1.82, 2.24) is 9.80 Å². The standard InChI is InChI=1S/C31H40N2O5/c1-5-9-21-38-26-13-10-12-24(22-26)29(34)27-28(23-14-16-25(17-15-23)37-20-6-2)33(31(36)30(27)35)19-11-18-32(7-3)8-4/h6,10,12-17,22,28,34H,2,5,7-9,11,18-21H2,1,3-4H3. The van der Waals surface area contributed by atoms with Gasteiger partial charge in [0.05, 0.1) is 18.2 Å². The summed E-state index contributed by atoms with van der Waals surface area (Å²) >= 11 is 0. The van der Waals surface area contributed by atoms with Gasteiger partial charge in [-0.25, -0.2) is 0 Å². The lowest BCUT2D eigenvalue weighted by atomic mass is 9.95. The summed E-state index contributed by atoms with van der Waals surface area (Å²) in [6.07, 6.45) is 4.31. The summed E-state index contributed by atoms with van der Waals surface area (Å²) in [5.41, 5.74) is 1.26. The lowest BCUT2D eigenvalue weighted by Crippen LogP contribution is -2.33. The van der Waals surface area contributed by atoms with Gasteiger partial charge >= 0.3 is 0 Å². The van der Waals surface area contributed by atoms with Crippen molar-refractivity contribution in [2.24, 2.45) is 0 Å². The van der Waals surface area contributed by atoms with Crippen molar-refractivity contribution >= 4 is 17.4 Å². The van der Waals surface area contributed by atoms with Gasteiger partial charge in [-0.05, 0) is 62.3 Å². The maximum atomic E-state index is 13.3. The van der Waals surface area contributed by atoms with E-state index in [0.717, 1.165) is 38.0 Å². The summed E-state index contributed by atoms with van der Waals surface area (Å²) < 4.78 is 11.4. The van der Waals surface area contributed by atoms with Crippen LogP contribution >= 0.6 is 0 Å². The van der Waals surface area contributed by atoms with E-state index < -0.39 is 17.7 Å². The van der Waals surface area contributed by atoms with E-state index in [4.69, 9.17) is 9.47 Å². The molecule has 0 bridgehead atoms. The number of hydrogen-bond acceptors (Lipinski definition) is 6. The third kappa shape index (κ3) is 7.04. The number of nitrogens with zero attached hydrogens (tertiary/aromatic N) is 2. The zero-order chi connectivity index (χ0) is 27.5. The monoisotopic (exact) mass is 520 g/mol. The van der Waals surface area contributed by atoms with Crippen LogP contribution in [-0.2, 0) is 9.59 Å². The smallest absolute Gasteiger partial charge is 0.295 e. The van der Waals surface area contributed by atoms with Crippen molar-refractivity contribution in [1.29, 1.82) is 0 Å². The van der Waals surface area contributed by atoms with Crippen molar-refractivity contribution in [3.63, 3.8) is 0 Å². The molecule has 7 heteroatoms. The number of aliphatic hydroxyl groups excluding tert-OH is 1. The Kier molecular flexibility index (Phi) is 11.0. The normalized spacial score (nSPS) is 16.7. The lowest BCUT2D eigenvalue weighted by Gasteiger charge is -2.27. The molecule has 204 valence electrons. The van der Waals surface area contributed by atoms with Gasteiger partial charge in [0.1, 0.15) is 23.9 Å². The average molecular weight is 521 g/mol. The molecular formula is C31H40N2O5. The van der Waals surface area contributed by atoms with Crippen molar-refractivity contribution < 1.29 is 24.2 Å². The Hall–Kier alpha value is -3.58. The van der Waals surface area contributed by atoms with Crippen molar-refractivity contribution in [3.8, 4) is 11.5 Å². The Morgan fingerprint density at radius 1 is 1.03 bits per heavy atom. The van der Waals surface area contributed by atoms with E-state index >= 15 is 0 Å². The number of ketones is 1. The second-order valence-electron chi connectivity index (χ2n) is 9.27. The molecule has 1 aliphatic heterocycles. The minimum atomic E-state index is -0.704. The highest BCUT2D eigenvalue weighted by Gasteiger charge is 2.45. The molecule has 1 unspecified atom stereocenters. The average Bonchev–Trinajstić information content (AvgIpc) is 3.19. The first-order chi connectivity index (χ1) is 18.4. The molecule has 7 nitrogen and oxygen atoms in total. The van der Waals surface area contributed by atoms with Crippen LogP contribution < -0.4 is 9.47 Å². The zero-order valence-corrected chi connectivity index (χ0v) is 22.8. The number of rotatable bonds is 15. The fraction of sp³-hybridized carbons (Fsp3) is 0.419. The van der Waals surface area contributed by atoms with Crippen LogP contribution in [0, 0.1) is 0 Å². The van der Waals surface area contributed by atoms with Crippen molar-refractivity contribution in [3.05, 3.63) is 77.9 Å². The number of likely N-dealkylation sites (tertiary alicyclic amines) is 1. The van der Waals surface area contributed by atoms with Gasteiger partial charge in [0, 0.05) is 12.1 Å². The molecule has 38 heavy (non-hydrogen) atoms. The third-order valence-electron chi connectivity index (χ3n) is 6.75. The van der Waals surface area contributed by atoms with E-state index in [1.54, 1.807) is 41.3 Å². The van der Waals surface area contributed by atoms with Crippen molar-refractivity contribution in [2.45, 2.75) is 46.1 Å². The molecule has 0 radical (unpaired) electrons. The molecule has 1 N–H and O–H groups in total. The number of hydrogen-bond donors (Lipinski definition) is 1. The molecular weight excluding hydrogens is 480 g/mol. The van der Waals surface area contributed by atoms with E-state index in [0.29, 0.717) is 43.2 Å². The number of Topliss-reactive ketones (excluding diaryl/α,β-unsaturated/α-hetero) is 1. The number of aliphatic hydroxyl groups is 1.